The molecule has 34 heavy (non-hydrogen) atoms. The standard InChI is InChI=1S/C24H28N6O3S/c1-4-30-22-11-10-19(34(32,33)28(2)3)16-21(22)26-23(30)12-13-24(31)27-20-9-6-5-8-18(20)17-29-15-7-14-25-29/h5-11,14-16H,4,12-13,17H2,1-3H3,(H,27,31). The predicted molar refractivity (Wildman–Crippen MR) is 131 cm³/mol. The summed E-state index contributed by atoms with van der Waals surface area (Å²) in [6.45, 7) is 3.23. The molecular weight excluding hydrogens is 452 g/mol. The van der Waals surface area contributed by atoms with E-state index in [0.717, 1.165) is 22.6 Å². The van der Waals surface area contributed by atoms with Gasteiger partial charge in [0.15, 0.2) is 0 Å². The molecule has 0 bridgehead atoms. The Bertz CT molecular complexity index is 1410. The van der Waals surface area contributed by atoms with Gasteiger partial charge in [-0.3, -0.25) is 9.48 Å². The summed E-state index contributed by atoms with van der Waals surface area (Å²) in [4.78, 5) is 17.6. The number of fused-ring (bicyclic) bond motifs is 1. The van der Waals surface area contributed by atoms with Gasteiger partial charge in [0.25, 0.3) is 0 Å². The molecule has 4 rings (SSSR count). The van der Waals surface area contributed by atoms with E-state index in [1.165, 1.54) is 18.4 Å². The van der Waals surface area contributed by atoms with Crippen LogP contribution < -0.4 is 5.32 Å². The van der Waals surface area contributed by atoms with Crippen LogP contribution in [0.4, 0.5) is 5.69 Å². The molecule has 0 spiro atoms. The average molecular weight is 481 g/mol. The first-order chi connectivity index (χ1) is 16.3. The minimum Gasteiger partial charge on any atom is -0.328 e. The zero-order chi connectivity index (χ0) is 24.3. The van der Waals surface area contributed by atoms with E-state index in [2.05, 4.69) is 15.4 Å². The largest absolute Gasteiger partial charge is 0.328 e. The lowest BCUT2D eigenvalue weighted by atomic mass is 10.1. The van der Waals surface area contributed by atoms with Gasteiger partial charge in [-0.25, -0.2) is 17.7 Å². The Balaban J connectivity index is 1.50. The topological polar surface area (TPSA) is 102 Å². The molecule has 10 heteroatoms. The second-order valence-electron chi connectivity index (χ2n) is 8.12. The van der Waals surface area contributed by atoms with Crippen LogP contribution >= 0.6 is 0 Å². The van der Waals surface area contributed by atoms with Crippen molar-refractivity contribution in [2.75, 3.05) is 19.4 Å². The Hall–Kier alpha value is -3.50. The molecule has 2 aromatic heterocycles. The Morgan fingerprint density at radius 2 is 1.91 bits per heavy atom. The lowest BCUT2D eigenvalue weighted by molar-refractivity contribution is -0.116. The van der Waals surface area contributed by atoms with E-state index in [1.54, 1.807) is 29.1 Å². The van der Waals surface area contributed by atoms with Crippen molar-refractivity contribution in [1.82, 2.24) is 23.6 Å². The van der Waals surface area contributed by atoms with Crippen molar-refractivity contribution in [2.45, 2.75) is 37.8 Å². The predicted octanol–water partition coefficient (Wildman–Crippen LogP) is 3.12. The minimum absolute atomic E-state index is 0.113. The van der Waals surface area contributed by atoms with Crippen molar-refractivity contribution in [3.63, 3.8) is 0 Å². The smallest absolute Gasteiger partial charge is 0.242 e. The molecule has 0 saturated carbocycles. The maximum Gasteiger partial charge on any atom is 0.242 e. The molecule has 0 unspecified atom stereocenters. The first-order valence-electron chi connectivity index (χ1n) is 11.1. The lowest BCUT2D eigenvalue weighted by Crippen LogP contribution is -2.22. The number of hydrogen-bond acceptors (Lipinski definition) is 5. The number of para-hydroxylation sites is 1. The van der Waals surface area contributed by atoms with Crippen LogP contribution in [0.3, 0.4) is 0 Å². The van der Waals surface area contributed by atoms with Gasteiger partial charge in [0.1, 0.15) is 5.82 Å². The van der Waals surface area contributed by atoms with Crippen molar-refractivity contribution in [2.24, 2.45) is 0 Å². The molecule has 0 saturated heterocycles. The minimum atomic E-state index is -3.55. The number of sulfonamides is 1. The second kappa shape index (κ2) is 9.78. The highest BCUT2D eigenvalue weighted by Crippen LogP contribution is 2.23. The number of amides is 1. The van der Waals surface area contributed by atoms with Gasteiger partial charge in [0.05, 0.1) is 22.5 Å². The second-order valence-corrected chi connectivity index (χ2v) is 10.3. The van der Waals surface area contributed by atoms with Crippen molar-refractivity contribution >= 4 is 32.7 Å². The highest BCUT2D eigenvalue weighted by atomic mass is 32.2. The molecule has 0 atom stereocenters. The van der Waals surface area contributed by atoms with Gasteiger partial charge in [-0.1, -0.05) is 18.2 Å². The molecule has 1 amide bonds. The number of hydrogen-bond donors (Lipinski definition) is 1. The third-order valence-corrected chi connectivity index (χ3v) is 7.46. The quantitative estimate of drug-likeness (QED) is 0.397. The third kappa shape index (κ3) is 4.87. The Kier molecular flexibility index (Phi) is 6.80. The van der Waals surface area contributed by atoms with E-state index in [0.29, 0.717) is 25.0 Å². The number of nitrogens with one attached hydrogen (secondary N) is 1. The van der Waals surface area contributed by atoms with Crippen LogP contribution in [0.1, 0.15) is 24.7 Å². The van der Waals surface area contributed by atoms with Crippen molar-refractivity contribution in [3.8, 4) is 0 Å². The molecule has 0 radical (unpaired) electrons. The molecule has 178 valence electrons. The van der Waals surface area contributed by atoms with Crippen LogP contribution in [0.25, 0.3) is 11.0 Å². The summed E-state index contributed by atoms with van der Waals surface area (Å²) in [5.41, 5.74) is 3.17. The fourth-order valence-corrected chi connectivity index (χ4v) is 4.78. The maximum absolute atomic E-state index is 12.8. The summed E-state index contributed by atoms with van der Waals surface area (Å²) in [5.74, 6) is 0.635. The van der Waals surface area contributed by atoms with Crippen molar-refractivity contribution in [3.05, 3.63) is 72.3 Å². The molecule has 2 heterocycles. The Morgan fingerprint density at radius 1 is 1.12 bits per heavy atom. The van der Waals surface area contributed by atoms with Gasteiger partial charge >= 0.3 is 0 Å². The molecule has 0 fully saturated rings. The molecule has 9 nitrogen and oxygen atoms in total. The zero-order valence-electron chi connectivity index (χ0n) is 19.5. The highest BCUT2D eigenvalue weighted by Gasteiger charge is 2.20. The summed E-state index contributed by atoms with van der Waals surface area (Å²) in [7, 11) is -0.545. The number of aromatic nitrogens is 4. The number of anilines is 1. The van der Waals surface area contributed by atoms with Crippen LogP contribution in [-0.2, 0) is 34.3 Å². The summed E-state index contributed by atoms with van der Waals surface area (Å²) in [6, 6.07) is 14.5. The molecule has 0 aliphatic heterocycles. The van der Waals surface area contributed by atoms with Gasteiger partial charge in [0, 0.05) is 51.6 Å². The van der Waals surface area contributed by atoms with E-state index in [1.807, 2.05) is 48.0 Å². The normalized spacial score (nSPS) is 11.9. The van der Waals surface area contributed by atoms with E-state index < -0.39 is 10.0 Å². The lowest BCUT2D eigenvalue weighted by Gasteiger charge is -2.12. The fourth-order valence-electron chi connectivity index (χ4n) is 3.86. The summed E-state index contributed by atoms with van der Waals surface area (Å²) in [6.07, 6.45) is 4.29. The number of benzene rings is 2. The number of carbonyl (C=O) groups is 1. The average Bonchev–Trinajstić information content (AvgIpc) is 3.45. The molecular formula is C24H28N6O3S. The highest BCUT2D eigenvalue weighted by molar-refractivity contribution is 7.89. The van der Waals surface area contributed by atoms with Crippen LogP contribution in [0, 0.1) is 0 Å². The fraction of sp³-hybridized carbons (Fsp3) is 0.292. The molecule has 0 aliphatic carbocycles. The van der Waals surface area contributed by atoms with Crippen molar-refractivity contribution in [1.29, 1.82) is 0 Å². The van der Waals surface area contributed by atoms with Crippen molar-refractivity contribution < 1.29 is 13.2 Å². The van der Waals surface area contributed by atoms with Crippen LogP contribution in [-0.4, -0.2) is 52.1 Å². The zero-order valence-corrected chi connectivity index (χ0v) is 20.3. The SMILES string of the molecule is CCn1c(CCC(=O)Nc2ccccc2Cn2cccn2)nc2cc(S(=O)(=O)N(C)C)ccc21. The Labute approximate surface area is 199 Å². The van der Waals surface area contributed by atoms with E-state index in [9.17, 15) is 13.2 Å². The van der Waals surface area contributed by atoms with Gasteiger partial charge in [-0.05, 0) is 42.8 Å². The third-order valence-electron chi connectivity index (χ3n) is 5.65. The van der Waals surface area contributed by atoms with E-state index in [-0.39, 0.29) is 17.2 Å². The first-order valence-corrected chi connectivity index (χ1v) is 12.5. The molecule has 2 aromatic carbocycles. The van der Waals surface area contributed by atoms with Crippen LogP contribution in [0.15, 0.2) is 65.8 Å². The Morgan fingerprint density at radius 3 is 2.62 bits per heavy atom. The number of imidazole rings is 1. The first kappa shape index (κ1) is 23.7. The molecule has 1 N–H and O–H groups in total. The van der Waals surface area contributed by atoms with Gasteiger partial charge < -0.3 is 9.88 Å². The number of aryl methyl sites for hydroxylation is 2. The molecule has 4 aromatic rings. The number of carbonyl (C=O) groups excluding carboxylic acids is 1. The van der Waals surface area contributed by atoms with Crippen LogP contribution in [0.5, 0.6) is 0 Å². The maximum atomic E-state index is 12.8. The summed E-state index contributed by atoms with van der Waals surface area (Å²) in [5, 5.41) is 7.24. The monoisotopic (exact) mass is 480 g/mol. The molecule has 0 aliphatic rings. The number of nitrogens with zero attached hydrogens (tertiary/aromatic N) is 5. The van der Waals surface area contributed by atoms with Gasteiger partial charge in [-0.2, -0.15) is 5.10 Å². The van der Waals surface area contributed by atoms with E-state index in [4.69, 9.17) is 0 Å². The van der Waals surface area contributed by atoms with Gasteiger partial charge in [-0.15, -0.1) is 0 Å². The summed E-state index contributed by atoms with van der Waals surface area (Å²) < 4.78 is 30.0. The van der Waals surface area contributed by atoms with Gasteiger partial charge in [0.2, 0.25) is 15.9 Å². The summed E-state index contributed by atoms with van der Waals surface area (Å²) >= 11 is 0. The van der Waals surface area contributed by atoms with Crippen LogP contribution in [0.2, 0.25) is 0 Å². The van der Waals surface area contributed by atoms with E-state index >= 15 is 0 Å². The number of rotatable bonds is 9.